The smallest absolute Gasteiger partial charge is 0.341 e. The summed E-state index contributed by atoms with van der Waals surface area (Å²) in [6, 6.07) is 2.35. The zero-order chi connectivity index (χ0) is 14.1. The molecule has 0 aliphatic rings. The Kier molecular flexibility index (Phi) is 4.89. The van der Waals surface area contributed by atoms with Crippen molar-refractivity contribution >= 4 is 48.9 Å². The summed E-state index contributed by atoms with van der Waals surface area (Å²) in [5, 5.41) is -0.349. The number of benzene rings is 1. The number of rotatable bonds is 3. The topological polar surface area (TPSA) is 60.4 Å². The Labute approximate surface area is 119 Å². The van der Waals surface area contributed by atoms with Crippen LogP contribution in [0.15, 0.2) is 17.0 Å². The zero-order valence-corrected chi connectivity index (χ0v) is 12.5. The Morgan fingerprint density at radius 3 is 2.28 bits per heavy atom. The molecule has 0 saturated carbocycles. The van der Waals surface area contributed by atoms with Gasteiger partial charge in [-0.1, -0.05) is 23.2 Å². The summed E-state index contributed by atoms with van der Waals surface area (Å²) in [5.41, 5.74) is -0.214. The van der Waals surface area contributed by atoms with Crippen molar-refractivity contribution in [2.24, 2.45) is 0 Å². The molecule has 0 radical (unpaired) electrons. The van der Waals surface area contributed by atoms with Crippen LogP contribution < -0.4 is 0 Å². The average Bonchev–Trinajstić information content (AvgIpc) is 2.13. The first-order valence-corrected chi connectivity index (χ1v) is 7.84. The van der Waals surface area contributed by atoms with Crippen molar-refractivity contribution < 1.29 is 17.9 Å². The van der Waals surface area contributed by atoms with Gasteiger partial charge in [-0.2, -0.15) is 0 Å². The minimum Gasteiger partial charge on any atom is -0.459 e. The molecule has 0 unspecified atom stereocenters. The van der Waals surface area contributed by atoms with Gasteiger partial charge in [0.05, 0.1) is 21.7 Å². The van der Waals surface area contributed by atoms with E-state index < -0.39 is 15.0 Å². The fourth-order valence-corrected chi connectivity index (χ4v) is 3.06. The molecule has 0 bridgehead atoms. The predicted molar refractivity (Wildman–Crippen MR) is 70.1 cm³/mol. The van der Waals surface area contributed by atoms with E-state index in [1.54, 1.807) is 13.8 Å². The summed E-state index contributed by atoms with van der Waals surface area (Å²) in [6.45, 7) is 3.28. The number of hydrogen-bond acceptors (Lipinski definition) is 4. The van der Waals surface area contributed by atoms with Crippen LogP contribution in [0.5, 0.6) is 0 Å². The number of hydrogen-bond donors (Lipinski definition) is 0. The Bertz CT molecular complexity index is 581. The van der Waals surface area contributed by atoms with E-state index in [1.807, 2.05) is 0 Å². The van der Waals surface area contributed by atoms with Gasteiger partial charge in [0.15, 0.2) is 0 Å². The molecule has 1 rings (SSSR count). The lowest BCUT2D eigenvalue weighted by atomic mass is 10.2. The summed E-state index contributed by atoms with van der Waals surface area (Å²) in [5.74, 6) is -0.804. The van der Waals surface area contributed by atoms with Gasteiger partial charge in [0, 0.05) is 10.7 Å². The maximum atomic E-state index is 11.7. The van der Waals surface area contributed by atoms with Crippen molar-refractivity contribution in [1.82, 2.24) is 0 Å². The van der Waals surface area contributed by atoms with Crippen LogP contribution in [0.4, 0.5) is 0 Å². The van der Waals surface area contributed by atoms with Gasteiger partial charge >= 0.3 is 5.97 Å². The summed E-state index contributed by atoms with van der Waals surface area (Å²) >= 11 is 11.6. The Balaban J connectivity index is 3.41. The van der Waals surface area contributed by atoms with Gasteiger partial charge in [-0.05, 0) is 26.0 Å². The molecule has 0 saturated heterocycles. The second kappa shape index (κ2) is 5.65. The van der Waals surface area contributed by atoms with E-state index >= 15 is 0 Å². The van der Waals surface area contributed by atoms with Gasteiger partial charge in [-0.3, -0.25) is 0 Å². The maximum absolute atomic E-state index is 11.7. The first-order chi connectivity index (χ1) is 8.14. The van der Waals surface area contributed by atoms with Gasteiger partial charge in [0.25, 0.3) is 9.05 Å². The van der Waals surface area contributed by atoms with Crippen LogP contribution in [-0.4, -0.2) is 20.5 Å². The highest BCUT2D eigenvalue weighted by atomic mass is 35.7. The molecule has 0 spiro atoms. The first kappa shape index (κ1) is 15.6. The molecule has 0 atom stereocenters. The third kappa shape index (κ3) is 3.51. The molecule has 0 aliphatic heterocycles. The van der Waals surface area contributed by atoms with Crippen molar-refractivity contribution in [1.29, 1.82) is 0 Å². The number of carbonyl (C=O) groups is 1. The van der Waals surface area contributed by atoms with Crippen molar-refractivity contribution in [3.05, 3.63) is 27.7 Å². The maximum Gasteiger partial charge on any atom is 0.341 e. The van der Waals surface area contributed by atoms with E-state index in [4.69, 9.17) is 38.6 Å². The van der Waals surface area contributed by atoms with Crippen LogP contribution in [0.3, 0.4) is 0 Å². The van der Waals surface area contributed by atoms with E-state index in [0.717, 1.165) is 6.07 Å². The lowest BCUT2D eigenvalue weighted by Gasteiger charge is -2.11. The highest BCUT2D eigenvalue weighted by Gasteiger charge is 2.24. The molecular weight excluding hydrogens is 323 g/mol. The summed E-state index contributed by atoms with van der Waals surface area (Å²) < 4.78 is 27.4. The van der Waals surface area contributed by atoms with Crippen molar-refractivity contribution in [2.75, 3.05) is 0 Å². The minimum atomic E-state index is -4.06. The molecule has 0 aliphatic carbocycles. The quantitative estimate of drug-likeness (QED) is 0.628. The molecule has 0 aromatic heterocycles. The highest BCUT2D eigenvalue weighted by molar-refractivity contribution is 8.13. The van der Waals surface area contributed by atoms with E-state index in [9.17, 15) is 13.2 Å². The number of esters is 1. The molecule has 0 amide bonds. The Hall–Kier alpha value is -0.490. The summed E-state index contributed by atoms with van der Waals surface area (Å²) in [7, 11) is 1.13. The van der Waals surface area contributed by atoms with Gasteiger partial charge in [0.1, 0.15) is 4.90 Å². The fourth-order valence-electron chi connectivity index (χ4n) is 1.18. The molecule has 8 heteroatoms. The second-order valence-electron chi connectivity index (χ2n) is 3.63. The standard InChI is InChI=1S/C10H9Cl3O4S/c1-5(2)17-10(14)8-6(11)3-4-7(9(8)12)18(13,15)16/h3-5H,1-2H3. The lowest BCUT2D eigenvalue weighted by Crippen LogP contribution is -2.13. The monoisotopic (exact) mass is 330 g/mol. The average molecular weight is 332 g/mol. The third-order valence-electron chi connectivity index (χ3n) is 1.87. The minimum absolute atomic E-state index is 0.00489. The summed E-state index contributed by atoms with van der Waals surface area (Å²) in [6.07, 6.45) is -0.388. The van der Waals surface area contributed by atoms with Crippen molar-refractivity contribution in [3.63, 3.8) is 0 Å². The van der Waals surface area contributed by atoms with Gasteiger partial charge < -0.3 is 4.74 Å². The normalized spacial score (nSPS) is 11.7. The Morgan fingerprint density at radius 1 is 1.28 bits per heavy atom. The van der Waals surface area contributed by atoms with Gasteiger partial charge in [-0.15, -0.1) is 0 Å². The van der Waals surface area contributed by atoms with Crippen LogP contribution in [-0.2, 0) is 13.8 Å². The molecule has 18 heavy (non-hydrogen) atoms. The van der Waals surface area contributed by atoms with E-state index in [1.165, 1.54) is 6.07 Å². The van der Waals surface area contributed by atoms with Crippen LogP contribution in [0.25, 0.3) is 0 Å². The van der Waals surface area contributed by atoms with Crippen molar-refractivity contribution in [3.8, 4) is 0 Å². The van der Waals surface area contributed by atoms with Crippen molar-refractivity contribution in [2.45, 2.75) is 24.8 Å². The Morgan fingerprint density at radius 2 is 1.83 bits per heavy atom. The largest absolute Gasteiger partial charge is 0.459 e. The second-order valence-corrected chi connectivity index (χ2v) is 6.95. The molecule has 0 N–H and O–H groups in total. The van der Waals surface area contributed by atoms with E-state index in [-0.39, 0.29) is 26.6 Å². The lowest BCUT2D eigenvalue weighted by molar-refractivity contribution is 0.0378. The van der Waals surface area contributed by atoms with E-state index in [0.29, 0.717) is 0 Å². The number of ether oxygens (including phenoxy) is 1. The molecule has 0 heterocycles. The number of carbonyl (C=O) groups excluding carboxylic acids is 1. The van der Waals surface area contributed by atoms with E-state index in [2.05, 4.69) is 0 Å². The molecule has 1 aromatic carbocycles. The zero-order valence-electron chi connectivity index (χ0n) is 9.41. The predicted octanol–water partition coefficient (Wildman–Crippen LogP) is 3.49. The van der Waals surface area contributed by atoms with Gasteiger partial charge in [-0.25, -0.2) is 13.2 Å². The third-order valence-corrected chi connectivity index (χ3v) is 4.05. The number of halogens is 3. The molecule has 0 fully saturated rings. The fraction of sp³-hybridized carbons (Fsp3) is 0.300. The van der Waals surface area contributed by atoms with Crippen LogP contribution >= 0.6 is 33.9 Å². The molecule has 4 nitrogen and oxygen atoms in total. The van der Waals surface area contributed by atoms with Crippen LogP contribution in [0, 0.1) is 0 Å². The SMILES string of the molecule is CC(C)OC(=O)c1c(Cl)ccc(S(=O)(=O)Cl)c1Cl. The van der Waals surface area contributed by atoms with Gasteiger partial charge in [0.2, 0.25) is 0 Å². The molecular formula is C10H9Cl3O4S. The first-order valence-electron chi connectivity index (χ1n) is 4.78. The summed E-state index contributed by atoms with van der Waals surface area (Å²) in [4.78, 5) is 11.4. The van der Waals surface area contributed by atoms with Crippen LogP contribution in [0.1, 0.15) is 24.2 Å². The molecule has 100 valence electrons. The molecule has 1 aromatic rings. The highest BCUT2D eigenvalue weighted by Crippen LogP contribution is 2.33. The van der Waals surface area contributed by atoms with Crippen LogP contribution in [0.2, 0.25) is 10.0 Å².